The van der Waals surface area contributed by atoms with Gasteiger partial charge < -0.3 is 4.57 Å². The van der Waals surface area contributed by atoms with Crippen LogP contribution in [0.5, 0.6) is 0 Å². The molecule has 3 aromatic rings. The van der Waals surface area contributed by atoms with Crippen molar-refractivity contribution in [3.8, 4) is 0 Å². The molecule has 1 aromatic carbocycles. The molecule has 27 heavy (non-hydrogen) atoms. The first kappa shape index (κ1) is 19.1. The lowest BCUT2D eigenvalue weighted by atomic mass is 9.97. The summed E-state index contributed by atoms with van der Waals surface area (Å²) in [5.41, 5.74) is 1.91. The normalized spacial score (nSPS) is 11.3. The number of hydrogen-bond acceptors (Lipinski definition) is 4. The summed E-state index contributed by atoms with van der Waals surface area (Å²) in [5.74, 6) is -0.153. The van der Waals surface area contributed by atoms with Crippen LogP contribution in [0.15, 0.2) is 27.8 Å². The Bertz CT molecular complexity index is 1170. The molecule has 7 nitrogen and oxygen atoms in total. The van der Waals surface area contributed by atoms with E-state index in [2.05, 4.69) is 4.98 Å². The SMILES string of the molecule is CCc1ccc(CC)c(C(=O)Cn2c(Cl)nc3c2c(=O)n(C)c(=O)n3C)c1. The molecule has 2 aromatic heterocycles. The maximum atomic E-state index is 13.0. The Morgan fingerprint density at radius 1 is 1.11 bits per heavy atom. The van der Waals surface area contributed by atoms with E-state index in [4.69, 9.17) is 11.6 Å². The highest BCUT2D eigenvalue weighted by Crippen LogP contribution is 2.19. The van der Waals surface area contributed by atoms with Gasteiger partial charge in [-0.3, -0.25) is 18.7 Å². The zero-order valence-electron chi connectivity index (χ0n) is 15.7. The maximum Gasteiger partial charge on any atom is 0.332 e. The molecule has 2 heterocycles. The van der Waals surface area contributed by atoms with Crippen LogP contribution in [0, 0.1) is 0 Å². The number of halogens is 1. The minimum atomic E-state index is -0.529. The number of carbonyl (C=O) groups is 1. The number of rotatable bonds is 5. The third-order valence-electron chi connectivity index (χ3n) is 4.87. The second-order valence-corrected chi connectivity index (χ2v) is 6.80. The highest BCUT2D eigenvalue weighted by atomic mass is 35.5. The molecule has 0 amide bonds. The molecule has 0 atom stereocenters. The fourth-order valence-corrected chi connectivity index (χ4v) is 3.43. The van der Waals surface area contributed by atoms with Crippen molar-refractivity contribution in [1.82, 2.24) is 18.7 Å². The predicted molar refractivity (Wildman–Crippen MR) is 105 cm³/mol. The van der Waals surface area contributed by atoms with Gasteiger partial charge in [-0.05, 0) is 41.6 Å². The van der Waals surface area contributed by atoms with Crippen molar-refractivity contribution < 1.29 is 4.79 Å². The van der Waals surface area contributed by atoms with E-state index in [1.54, 1.807) is 0 Å². The number of Topliss-reactive ketones (excluding diaryl/α,β-unsaturated/α-hetero) is 1. The molecule has 0 bridgehead atoms. The molecule has 0 aliphatic rings. The molecule has 0 aliphatic carbocycles. The highest BCUT2D eigenvalue weighted by Gasteiger charge is 2.21. The van der Waals surface area contributed by atoms with Gasteiger partial charge in [0.05, 0.1) is 6.54 Å². The number of fused-ring (bicyclic) bond motifs is 1. The summed E-state index contributed by atoms with van der Waals surface area (Å²) in [4.78, 5) is 41.8. The van der Waals surface area contributed by atoms with E-state index in [9.17, 15) is 14.4 Å². The van der Waals surface area contributed by atoms with Gasteiger partial charge in [-0.1, -0.05) is 26.0 Å². The lowest BCUT2D eigenvalue weighted by Gasteiger charge is -2.11. The van der Waals surface area contributed by atoms with E-state index < -0.39 is 11.2 Å². The second-order valence-electron chi connectivity index (χ2n) is 6.47. The number of hydrogen-bond donors (Lipinski definition) is 0. The average Bonchev–Trinajstić information content (AvgIpc) is 3.00. The highest BCUT2D eigenvalue weighted by molar-refractivity contribution is 6.29. The molecule has 142 valence electrons. The van der Waals surface area contributed by atoms with Crippen molar-refractivity contribution >= 4 is 28.5 Å². The van der Waals surface area contributed by atoms with Crippen LogP contribution < -0.4 is 11.2 Å². The standard InChI is InChI=1S/C19H21ClN4O3/c1-5-11-7-8-12(6-2)13(9-11)14(25)10-24-15-16(21-18(24)20)22(3)19(27)23(4)17(15)26/h7-9H,5-6,10H2,1-4H3. The zero-order chi connectivity index (χ0) is 19.9. The number of ketones is 1. The van der Waals surface area contributed by atoms with Crippen LogP contribution in [0.2, 0.25) is 5.28 Å². The van der Waals surface area contributed by atoms with E-state index in [1.807, 2.05) is 32.0 Å². The van der Waals surface area contributed by atoms with Gasteiger partial charge in [-0.15, -0.1) is 0 Å². The van der Waals surface area contributed by atoms with Crippen molar-refractivity contribution in [2.45, 2.75) is 33.2 Å². The Kier molecular flexibility index (Phi) is 5.06. The number of benzene rings is 1. The number of imidazole rings is 1. The quantitative estimate of drug-likeness (QED) is 0.495. The molecule has 0 N–H and O–H groups in total. The van der Waals surface area contributed by atoms with Gasteiger partial charge >= 0.3 is 5.69 Å². The molecular weight excluding hydrogens is 368 g/mol. The van der Waals surface area contributed by atoms with Gasteiger partial charge in [0.1, 0.15) is 0 Å². The first-order chi connectivity index (χ1) is 12.8. The van der Waals surface area contributed by atoms with Crippen molar-refractivity contribution in [2.75, 3.05) is 0 Å². The fourth-order valence-electron chi connectivity index (χ4n) is 3.20. The summed E-state index contributed by atoms with van der Waals surface area (Å²) < 4.78 is 3.61. The first-order valence-corrected chi connectivity index (χ1v) is 9.14. The van der Waals surface area contributed by atoms with Crippen molar-refractivity contribution in [1.29, 1.82) is 0 Å². The Balaban J connectivity index is 2.16. The van der Waals surface area contributed by atoms with Crippen molar-refractivity contribution in [2.24, 2.45) is 14.1 Å². The van der Waals surface area contributed by atoms with Crippen LogP contribution >= 0.6 is 11.6 Å². The molecule has 0 fully saturated rings. The Morgan fingerprint density at radius 3 is 2.44 bits per heavy atom. The Hall–Kier alpha value is -2.67. The number of nitrogens with zero attached hydrogens (tertiary/aromatic N) is 4. The number of aryl methyl sites for hydroxylation is 3. The third kappa shape index (κ3) is 3.12. The summed E-state index contributed by atoms with van der Waals surface area (Å²) in [7, 11) is 2.90. The van der Waals surface area contributed by atoms with Gasteiger partial charge in [0.25, 0.3) is 5.56 Å². The molecule has 0 aliphatic heterocycles. The Morgan fingerprint density at radius 2 is 1.81 bits per heavy atom. The minimum absolute atomic E-state index is 0.00124. The fraction of sp³-hybridized carbons (Fsp3) is 0.368. The zero-order valence-corrected chi connectivity index (χ0v) is 16.5. The molecule has 0 unspecified atom stereocenters. The molecule has 0 spiro atoms. The van der Waals surface area contributed by atoms with Gasteiger partial charge in [0, 0.05) is 19.7 Å². The first-order valence-electron chi connectivity index (χ1n) is 8.76. The number of aromatic nitrogens is 4. The smallest absolute Gasteiger partial charge is 0.301 e. The van der Waals surface area contributed by atoms with Gasteiger partial charge in [0.15, 0.2) is 16.9 Å². The van der Waals surface area contributed by atoms with Crippen LogP contribution in [0.25, 0.3) is 11.2 Å². The predicted octanol–water partition coefficient (Wildman–Crippen LogP) is 2.09. The lowest BCUT2D eigenvalue weighted by molar-refractivity contribution is 0.0972. The number of carbonyl (C=O) groups excluding carboxylic acids is 1. The largest absolute Gasteiger partial charge is 0.332 e. The summed E-state index contributed by atoms with van der Waals surface area (Å²) in [6.07, 6.45) is 1.54. The van der Waals surface area contributed by atoms with Crippen molar-refractivity contribution in [3.05, 3.63) is 61.0 Å². The van der Waals surface area contributed by atoms with Crippen molar-refractivity contribution in [3.63, 3.8) is 0 Å². The topological polar surface area (TPSA) is 78.9 Å². The molecule has 0 radical (unpaired) electrons. The van der Waals surface area contributed by atoms with Gasteiger partial charge in [-0.25, -0.2) is 4.79 Å². The second kappa shape index (κ2) is 7.15. The van der Waals surface area contributed by atoms with E-state index in [0.29, 0.717) is 5.56 Å². The minimum Gasteiger partial charge on any atom is -0.301 e. The molecule has 0 saturated carbocycles. The van der Waals surface area contributed by atoms with E-state index >= 15 is 0 Å². The molecule has 3 rings (SSSR count). The van der Waals surface area contributed by atoms with E-state index in [-0.39, 0.29) is 28.8 Å². The van der Waals surface area contributed by atoms with Gasteiger partial charge in [0.2, 0.25) is 5.28 Å². The van der Waals surface area contributed by atoms with E-state index in [1.165, 1.54) is 23.2 Å². The average molecular weight is 389 g/mol. The van der Waals surface area contributed by atoms with Crippen LogP contribution in [0.3, 0.4) is 0 Å². The maximum absolute atomic E-state index is 13.0. The molecular formula is C19H21ClN4O3. The third-order valence-corrected chi connectivity index (χ3v) is 5.16. The van der Waals surface area contributed by atoms with E-state index in [0.717, 1.165) is 28.5 Å². The van der Waals surface area contributed by atoms with Crippen LogP contribution in [-0.2, 0) is 33.5 Å². The monoisotopic (exact) mass is 388 g/mol. The summed E-state index contributed by atoms with van der Waals surface area (Å²) in [6.45, 7) is 3.89. The lowest BCUT2D eigenvalue weighted by Crippen LogP contribution is -2.37. The Labute approximate surface area is 160 Å². The molecule has 8 heteroatoms. The summed E-state index contributed by atoms with van der Waals surface area (Å²) in [5, 5.41) is 0.00124. The van der Waals surface area contributed by atoms with Crippen LogP contribution in [0.4, 0.5) is 0 Å². The summed E-state index contributed by atoms with van der Waals surface area (Å²) in [6, 6.07) is 5.87. The van der Waals surface area contributed by atoms with Crippen LogP contribution in [0.1, 0.15) is 35.3 Å². The van der Waals surface area contributed by atoms with Gasteiger partial charge in [-0.2, -0.15) is 4.98 Å². The van der Waals surface area contributed by atoms with Crippen LogP contribution in [-0.4, -0.2) is 24.5 Å². The summed E-state index contributed by atoms with van der Waals surface area (Å²) >= 11 is 6.22. The molecule has 0 saturated heterocycles.